The van der Waals surface area contributed by atoms with Crippen LogP contribution < -0.4 is 4.90 Å². The molecule has 0 radical (unpaired) electrons. The quantitative estimate of drug-likeness (QED) is 0.562. The van der Waals surface area contributed by atoms with Gasteiger partial charge in [-0.25, -0.2) is 4.68 Å². The van der Waals surface area contributed by atoms with E-state index >= 15 is 0 Å². The summed E-state index contributed by atoms with van der Waals surface area (Å²) in [5.74, 6) is 1.73. The second kappa shape index (κ2) is 4.82. The minimum absolute atomic E-state index is 0.0141. The summed E-state index contributed by atoms with van der Waals surface area (Å²) < 4.78 is 12.9. The Hall–Kier alpha value is -1.44. The molecule has 1 aromatic rings. The molecule has 0 N–H and O–H groups in total. The third-order valence-corrected chi connectivity index (χ3v) is 4.16. The molecule has 17 heavy (non-hydrogen) atoms. The first kappa shape index (κ1) is 12.0. The fourth-order valence-corrected chi connectivity index (χ4v) is 3.05. The lowest BCUT2D eigenvalue weighted by molar-refractivity contribution is -0.384. The van der Waals surface area contributed by atoms with Crippen LogP contribution in [0.1, 0.15) is 6.42 Å². The molecule has 1 unspecified atom stereocenters. The van der Waals surface area contributed by atoms with E-state index in [-0.39, 0.29) is 5.69 Å². The predicted molar refractivity (Wildman–Crippen MR) is 64.6 cm³/mol. The largest absolute Gasteiger partial charge is 0.350 e. The summed E-state index contributed by atoms with van der Waals surface area (Å²) in [6.45, 7) is 1.26. The first-order chi connectivity index (χ1) is 8.09. The summed E-state index contributed by atoms with van der Waals surface area (Å²) in [4.78, 5) is 12.4. The molecule has 1 atom stereocenters. The van der Waals surface area contributed by atoms with E-state index in [0.717, 1.165) is 6.42 Å². The maximum atomic E-state index is 11.4. The van der Waals surface area contributed by atoms with Crippen molar-refractivity contribution in [3.8, 4) is 0 Å². The van der Waals surface area contributed by atoms with Crippen molar-refractivity contribution in [2.75, 3.05) is 29.5 Å². The van der Waals surface area contributed by atoms with Crippen molar-refractivity contribution in [2.24, 2.45) is 7.05 Å². The number of hydrogen-bond acceptors (Lipinski definition) is 5. The first-order valence-corrected chi connectivity index (χ1v) is 6.84. The second-order valence-electron chi connectivity index (χ2n) is 3.92. The van der Waals surface area contributed by atoms with Gasteiger partial charge in [0.05, 0.1) is 4.92 Å². The second-order valence-corrected chi connectivity index (χ2v) is 5.62. The van der Waals surface area contributed by atoms with Crippen LogP contribution in [0.25, 0.3) is 0 Å². The Kier molecular flexibility index (Phi) is 3.41. The molecule has 1 aliphatic heterocycles. The van der Waals surface area contributed by atoms with Gasteiger partial charge in [0, 0.05) is 42.4 Å². The smallest absolute Gasteiger partial charge is 0.331 e. The van der Waals surface area contributed by atoms with Crippen LogP contribution in [0, 0.1) is 10.1 Å². The third kappa shape index (κ3) is 2.46. The summed E-state index contributed by atoms with van der Waals surface area (Å²) in [6, 6.07) is 0. The maximum absolute atomic E-state index is 11.4. The molecule has 8 heteroatoms. The highest BCUT2D eigenvalue weighted by Gasteiger charge is 2.25. The summed E-state index contributed by atoms with van der Waals surface area (Å²) in [5, 5.41) is 14.8. The molecule has 1 aromatic heterocycles. The molecular weight excluding hydrogens is 244 g/mol. The van der Waals surface area contributed by atoms with Gasteiger partial charge in [-0.3, -0.25) is 14.3 Å². The Morgan fingerprint density at radius 1 is 1.47 bits per heavy atom. The number of aryl methyl sites for hydroxylation is 1. The maximum Gasteiger partial charge on any atom is 0.331 e. The van der Waals surface area contributed by atoms with Crippen molar-refractivity contribution in [1.29, 1.82) is 0 Å². The van der Waals surface area contributed by atoms with Crippen LogP contribution in [0.4, 0.5) is 11.5 Å². The summed E-state index contributed by atoms with van der Waals surface area (Å²) in [5.41, 5.74) is 0.0141. The lowest BCUT2D eigenvalue weighted by Gasteiger charge is -2.20. The van der Waals surface area contributed by atoms with Gasteiger partial charge in [0.15, 0.2) is 0 Å². The van der Waals surface area contributed by atoms with E-state index in [4.69, 9.17) is 0 Å². The first-order valence-electron chi connectivity index (χ1n) is 5.36. The molecule has 94 valence electrons. The van der Waals surface area contributed by atoms with Gasteiger partial charge in [0.2, 0.25) is 5.82 Å². The molecule has 0 amide bonds. The topological polar surface area (TPSA) is 81.3 Å². The molecule has 0 aromatic carbocycles. The Bertz CT molecular complexity index is 459. The summed E-state index contributed by atoms with van der Waals surface area (Å²) >= 11 is 0. The third-order valence-electron chi connectivity index (χ3n) is 2.77. The van der Waals surface area contributed by atoms with Gasteiger partial charge in [0.25, 0.3) is 0 Å². The standard InChI is InChI=1S/C9H14N4O3S/c1-11-9(8(7-10-11)13(14)15)12-3-2-5-17(16)6-4-12/h7H,2-6H2,1H3. The predicted octanol–water partition coefficient (Wildman–Crippen LogP) is 0.287. The van der Waals surface area contributed by atoms with Gasteiger partial charge >= 0.3 is 5.69 Å². The van der Waals surface area contributed by atoms with Crippen molar-refractivity contribution in [3.05, 3.63) is 16.3 Å². The lowest BCUT2D eigenvalue weighted by atomic mass is 10.3. The summed E-state index contributed by atoms with van der Waals surface area (Å²) in [7, 11) is 0.880. The zero-order valence-electron chi connectivity index (χ0n) is 9.53. The molecule has 2 heterocycles. The Morgan fingerprint density at radius 2 is 2.24 bits per heavy atom. The Balaban J connectivity index is 2.29. The van der Waals surface area contributed by atoms with E-state index in [9.17, 15) is 14.3 Å². The van der Waals surface area contributed by atoms with Gasteiger partial charge in [0.1, 0.15) is 6.20 Å². The van der Waals surface area contributed by atoms with E-state index in [0.29, 0.717) is 30.4 Å². The van der Waals surface area contributed by atoms with Crippen LogP contribution in [0.3, 0.4) is 0 Å². The number of nitro groups is 1. The number of nitrogens with zero attached hydrogens (tertiary/aromatic N) is 4. The monoisotopic (exact) mass is 258 g/mol. The van der Waals surface area contributed by atoms with Gasteiger partial charge in [-0.1, -0.05) is 0 Å². The van der Waals surface area contributed by atoms with Crippen molar-refractivity contribution in [3.63, 3.8) is 0 Å². The normalized spacial score (nSPS) is 21.2. The fourth-order valence-electron chi connectivity index (χ4n) is 1.97. The number of anilines is 1. The van der Waals surface area contributed by atoms with Gasteiger partial charge in [-0.15, -0.1) is 0 Å². The van der Waals surface area contributed by atoms with E-state index in [1.807, 2.05) is 4.90 Å². The van der Waals surface area contributed by atoms with Crippen molar-refractivity contribution < 1.29 is 9.13 Å². The van der Waals surface area contributed by atoms with Crippen molar-refractivity contribution in [2.45, 2.75) is 6.42 Å². The molecule has 0 bridgehead atoms. The zero-order chi connectivity index (χ0) is 12.4. The number of aromatic nitrogens is 2. The van der Waals surface area contributed by atoms with E-state index in [1.165, 1.54) is 10.9 Å². The molecule has 1 fully saturated rings. The van der Waals surface area contributed by atoms with Gasteiger partial charge in [-0.2, -0.15) is 5.10 Å². The van der Waals surface area contributed by atoms with E-state index in [2.05, 4.69) is 5.10 Å². The van der Waals surface area contributed by atoms with E-state index < -0.39 is 15.7 Å². The fraction of sp³-hybridized carbons (Fsp3) is 0.667. The van der Waals surface area contributed by atoms with Crippen LogP contribution in [0.2, 0.25) is 0 Å². The van der Waals surface area contributed by atoms with E-state index in [1.54, 1.807) is 7.05 Å². The molecular formula is C9H14N4O3S. The Morgan fingerprint density at radius 3 is 2.94 bits per heavy atom. The van der Waals surface area contributed by atoms with Crippen LogP contribution in [-0.2, 0) is 17.8 Å². The molecule has 7 nitrogen and oxygen atoms in total. The molecule has 0 saturated carbocycles. The molecule has 1 saturated heterocycles. The molecule has 2 rings (SSSR count). The minimum atomic E-state index is -0.805. The highest BCUT2D eigenvalue weighted by Crippen LogP contribution is 2.27. The molecule has 0 spiro atoms. The number of hydrogen-bond donors (Lipinski definition) is 0. The summed E-state index contributed by atoms with van der Waals surface area (Å²) in [6.07, 6.45) is 2.05. The average molecular weight is 258 g/mol. The molecule has 0 aliphatic carbocycles. The van der Waals surface area contributed by atoms with Crippen LogP contribution >= 0.6 is 0 Å². The van der Waals surface area contributed by atoms with Gasteiger partial charge in [-0.05, 0) is 6.42 Å². The van der Waals surface area contributed by atoms with Crippen LogP contribution in [0.15, 0.2) is 6.20 Å². The lowest BCUT2D eigenvalue weighted by Crippen LogP contribution is -2.28. The van der Waals surface area contributed by atoms with Crippen molar-refractivity contribution >= 4 is 22.3 Å². The van der Waals surface area contributed by atoms with Crippen LogP contribution in [-0.4, -0.2) is 43.5 Å². The number of rotatable bonds is 2. The Labute approximate surface area is 101 Å². The van der Waals surface area contributed by atoms with Gasteiger partial charge < -0.3 is 4.90 Å². The highest BCUT2D eigenvalue weighted by molar-refractivity contribution is 7.85. The average Bonchev–Trinajstić information content (AvgIpc) is 2.52. The highest BCUT2D eigenvalue weighted by atomic mass is 32.2. The zero-order valence-corrected chi connectivity index (χ0v) is 10.4. The molecule has 1 aliphatic rings. The minimum Gasteiger partial charge on any atom is -0.350 e. The van der Waals surface area contributed by atoms with Crippen LogP contribution in [0.5, 0.6) is 0 Å². The van der Waals surface area contributed by atoms with Crippen molar-refractivity contribution in [1.82, 2.24) is 9.78 Å². The SMILES string of the molecule is Cn1ncc([N+](=O)[O-])c1N1CCCS(=O)CC1.